The molecule has 0 atom stereocenters. The molecule has 0 aliphatic heterocycles. The van der Waals surface area contributed by atoms with Crippen molar-refractivity contribution in [3.8, 4) is 0 Å². The number of aryl methyl sites for hydroxylation is 1. The maximum Gasteiger partial charge on any atom is 0.311 e. The number of nitrogens with zero attached hydrogens (tertiary/aromatic N) is 1. The van der Waals surface area contributed by atoms with Crippen LogP contribution >= 0.6 is 15.9 Å². The van der Waals surface area contributed by atoms with E-state index in [0.29, 0.717) is 11.3 Å². The maximum atomic E-state index is 12.6. The van der Waals surface area contributed by atoms with Gasteiger partial charge in [-0.1, -0.05) is 0 Å². The first kappa shape index (κ1) is 13.0. The molecule has 0 spiro atoms. The van der Waals surface area contributed by atoms with Gasteiger partial charge >= 0.3 is 5.97 Å². The van der Waals surface area contributed by atoms with Crippen LogP contribution in [0.25, 0.3) is 0 Å². The van der Waals surface area contributed by atoms with E-state index in [1.165, 1.54) is 13.2 Å². The molecule has 0 bridgehead atoms. The highest BCUT2D eigenvalue weighted by Crippen LogP contribution is 2.27. The summed E-state index contributed by atoms with van der Waals surface area (Å²) in [6.45, 7) is 1.70. The monoisotopic (exact) mass is 293 g/mol. The van der Waals surface area contributed by atoms with Gasteiger partial charge in [-0.15, -0.1) is 0 Å². The lowest BCUT2D eigenvalue weighted by Gasteiger charge is -2.08. The van der Waals surface area contributed by atoms with Gasteiger partial charge in [-0.3, -0.25) is 4.79 Å². The first-order chi connectivity index (χ1) is 7.45. The minimum absolute atomic E-state index is 0.102. The van der Waals surface area contributed by atoms with E-state index < -0.39 is 12.4 Å². The third-order valence-electron chi connectivity index (χ3n) is 2.04. The smallest absolute Gasteiger partial charge is 0.311 e. The first-order valence-electron chi connectivity index (χ1n) is 4.46. The van der Waals surface area contributed by atoms with Crippen molar-refractivity contribution in [2.75, 3.05) is 7.11 Å². The van der Waals surface area contributed by atoms with Crippen molar-refractivity contribution in [2.45, 2.75) is 19.8 Å². The number of aromatic nitrogens is 1. The molecule has 0 aromatic carbocycles. The molecule has 0 fully saturated rings. The van der Waals surface area contributed by atoms with Crippen molar-refractivity contribution in [1.82, 2.24) is 4.98 Å². The third-order valence-corrected chi connectivity index (χ3v) is 2.68. The van der Waals surface area contributed by atoms with Crippen molar-refractivity contribution in [3.63, 3.8) is 0 Å². The van der Waals surface area contributed by atoms with Crippen molar-refractivity contribution < 1.29 is 18.3 Å². The summed E-state index contributed by atoms with van der Waals surface area (Å²) < 4.78 is 29.8. The van der Waals surface area contributed by atoms with Crippen LogP contribution in [0.15, 0.2) is 10.5 Å². The number of carbonyl (C=O) groups is 1. The molecule has 6 heteroatoms. The quantitative estimate of drug-likeness (QED) is 0.805. The first-order valence-corrected chi connectivity index (χ1v) is 5.26. The molecule has 1 rings (SSSR count). The summed E-state index contributed by atoms with van der Waals surface area (Å²) in [4.78, 5) is 14.8. The number of esters is 1. The van der Waals surface area contributed by atoms with Gasteiger partial charge in [0.1, 0.15) is 5.69 Å². The van der Waals surface area contributed by atoms with Gasteiger partial charge < -0.3 is 4.74 Å². The topological polar surface area (TPSA) is 39.2 Å². The molecular formula is C10H10BrF2NO2. The van der Waals surface area contributed by atoms with E-state index >= 15 is 0 Å². The van der Waals surface area contributed by atoms with Crippen LogP contribution in [0.5, 0.6) is 0 Å². The van der Waals surface area contributed by atoms with Crippen LogP contribution in [0.3, 0.4) is 0 Å². The Morgan fingerprint density at radius 1 is 1.62 bits per heavy atom. The Bertz CT molecular complexity index is 410. The summed E-state index contributed by atoms with van der Waals surface area (Å²) in [5, 5.41) is 0. The molecule has 1 aromatic heterocycles. The van der Waals surface area contributed by atoms with E-state index in [4.69, 9.17) is 0 Å². The lowest BCUT2D eigenvalue weighted by atomic mass is 10.1. The minimum Gasteiger partial charge on any atom is -0.469 e. The molecular weight excluding hydrogens is 284 g/mol. The highest BCUT2D eigenvalue weighted by Gasteiger charge is 2.17. The highest BCUT2D eigenvalue weighted by molar-refractivity contribution is 9.10. The number of rotatable bonds is 3. The van der Waals surface area contributed by atoms with Gasteiger partial charge in [0.2, 0.25) is 0 Å². The van der Waals surface area contributed by atoms with Gasteiger partial charge in [-0.25, -0.2) is 13.8 Å². The van der Waals surface area contributed by atoms with Crippen LogP contribution in [0.1, 0.15) is 23.4 Å². The summed E-state index contributed by atoms with van der Waals surface area (Å²) in [6, 6.07) is 1.52. The molecule has 0 N–H and O–H groups in total. The number of pyridine rings is 1. The maximum absolute atomic E-state index is 12.6. The Morgan fingerprint density at radius 2 is 2.25 bits per heavy atom. The fourth-order valence-corrected chi connectivity index (χ4v) is 1.78. The van der Waals surface area contributed by atoms with Crippen LogP contribution < -0.4 is 0 Å². The Labute approximate surface area is 99.9 Å². The molecule has 0 unspecified atom stereocenters. The molecule has 3 nitrogen and oxygen atoms in total. The lowest BCUT2D eigenvalue weighted by molar-refractivity contribution is -0.139. The standard InChI is InChI=1S/C10H10BrF2NO2/c1-5-3-6(11)9(10(12)13)14-7(5)4-8(15)16-2/h3,10H,4H2,1-2H3. The second-order valence-electron chi connectivity index (χ2n) is 3.17. The second-order valence-corrected chi connectivity index (χ2v) is 4.03. The van der Waals surface area contributed by atoms with Crippen molar-refractivity contribution in [2.24, 2.45) is 0 Å². The Kier molecular flexibility index (Phi) is 4.35. The number of ether oxygens (including phenoxy) is 1. The predicted molar refractivity (Wildman–Crippen MR) is 57.4 cm³/mol. The average molecular weight is 294 g/mol. The molecule has 0 aliphatic carbocycles. The molecule has 88 valence electrons. The zero-order valence-electron chi connectivity index (χ0n) is 8.76. The Balaban J connectivity index is 3.09. The van der Waals surface area contributed by atoms with Crippen LogP contribution in [0, 0.1) is 6.92 Å². The molecule has 1 aromatic rings. The summed E-state index contributed by atoms with van der Waals surface area (Å²) in [6.07, 6.45) is -2.78. The molecule has 16 heavy (non-hydrogen) atoms. The molecule has 0 radical (unpaired) electrons. The Morgan fingerprint density at radius 3 is 2.75 bits per heavy atom. The van der Waals surface area contributed by atoms with E-state index in [1.54, 1.807) is 6.92 Å². The fourth-order valence-electron chi connectivity index (χ4n) is 1.18. The summed E-state index contributed by atoms with van der Waals surface area (Å²) in [5.41, 5.74) is 0.622. The molecule has 0 aliphatic rings. The summed E-state index contributed by atoms with van der Waals surface area (Å²) >= 11 is 3.01. The fraction of sp³-hybridized carbons (Fsp3) is 0.400. The van der Waals surface area contributed by atoms with Crippen LogP contribution in [0.2, 0.25) is 0 Å². The van der Waals surface area contributed by atoms with Crippen molar-refractivity contribution in [1.29, 1.82) is 0 Å². The third kappa shape index (κ3) is 2.98. The van der Waals surface area contributed by atoms with Crippen LogP contribution in [-0.4, -0.2) is 18.1 Å². The van der Waals surface area contributed by atoms with Gasteiger partial charge in [0.25, 0.3) is 6.43 Å². The molecule has 0 saturated carbocycles. The molecule has 0 saturated heterocycles. The van der Waals surface area contributed by atoms with Crippen LogP contribution in [-0.2, 0) is 16.0 Å². The number of hydrogen-bond donors (Lipinski definition) is 0. The second kappa shape index (κ2) is 5.34. The van der Waals surface area contributed by atoms with E-state index in [1.807, 2.05) is 0 Å². The van der Waals surface area contributed by atoms with Gasteiger partial charge in [-0.05, 0) is 34.5 Å². The van der Waals surface area contributed by atoms with Crippen molar-refractivity contribution in [3.05, 3.63) is 27.5 Å². The summed E-state index contributed by atoms with van der Waals surface area (Å²) in [5.74, 6) is -0.502. The van der Waals surface area contributed by atoms with Crippen LogP contribution in [0.4, 0.5) is 8.78 Å². The zero-order valence-corrected chi connectivity index (χ0v) is 10.3. The van der Waals surface area contributed by atoms with Gasteiger partial charge in [0, 0.05) is 4.47 Å². The van der Waals surface area contributed by atoms with E-state index in [-0.39, 0.29) is 16.6 Å². The van der Waals surface area contributed by atoms with Gasteiger partial charge in [0.05, 0.1) is 19.2 Å². The van der Waals surface area contributed by atoms with Crippen molar-refractivity contribution >= 4 is 21.9 Å². The average Bonchev–Trinajstić information content (AvgIpc) is 2.21. The number of alkyl halides is 2. The van der Waals surface area contributed by atoms with E-state index in [0.717, 1.165) is 0 Å². The summed E-state index contributed by atoms with van der Waals surface area (Å²) in [7, 11) is 1.24. The number of halogens is 3. The highest BCUT2D eigenvalue weighted by atomic mass is 79.9. The van der Waals surface area contributed by atoms with E-state index in [2.05, 4.69) is 25.7 Å². The lowest BCUT2D eigenvalue weighted by Crippen LogP contribution is -2.09. The van der Waals surface area contributed by atoms with Gasteiger partial charge in [0.15, 0.2) is 0 Å². The van der Waals surface area contributed by atoms with E-state index in [9.17, 15) is 13.6 Å². The Hall–Kier alpha value is -1.04. The zero-order chi connectivity index (χ0) is 12.3. The SMILES string of the molecule is COC(=O)Cc1nc(C(F)F)c(Br)cc1C. The largest absolute Gasteiger partial charge is 0.469 e. The van der Waals surface area contributed by atoms with Gasteiger partial charge in [-0.2, -0.15) is 0 Å². The minimum atomic E-state index is -2.67. The number of carbonyl (C=O) groups excluding carboxylic acids is 1. The number of hydrogen-bond acceptors (Lipinski definition) is 3. The predicted octanol–water partition coefficient (Wildman–Crippen LogP) is 2.81. The molecule has 0 amide bonds. The normalized spacial score (nSPS) is 10.6. The number of methoxy groups -OCH3 is 1. The molecule has 1 heterocycles.